The smallest absolute Gasteiger partial charge is 0.311 e. The Hall–Kier alpha value is -1.68. The van der Waals surface area contributed by atoms with Crippen molar-refractivity contribution in [1.29, 1.82) is 0 Å². The van der Waals surface area contributed by atoms with E-state index >= 15 is 0 Å². The average Bonchev–Trinajstić information content (AvgIpc) is 2.41. The van der Waals surface area contributed by atoms with E-state index in [1.54, 1.807) is 19.1 Å². The summed E-state index contributed by atoms with van der Waals surface area (Å²) in [5, 5.41) is 9.40. The van der Waals surface area contributed by atoms with Crippen molar-refractivity contribution in [2.45, 2.75) is 19.3 Å². The summed E-state index contributed by atoms with van der Waals surface area (Å²) in [5.74, 6) is -2.09. The van der Waals surface area contributed by atoms with Crippen molar-refractivity contribution in [3.63, 3.8) is 0 Å². The number of carbonyl (C=O) groups is 1. The van der Waals surface area contributed by atoms with E-state index in [9.17, 15) is 14.3 Å². The first-order chi connectivity index (χ1) is 9.49. The van der Waals surface area contributed by atoms with Crippen LogP contribution in [0.3, 0.4) is 0 Å². The van der Waals surface area contributed by atoms with Gasteiger partial charge in [-0.25, -0.2) is 4.39 Å². The predicted molar refractivity (Wildman–Crippen MR) is 79.4 cm³/mol. The van der Waals surface area contributed by atoms with Crippen molar-refractivity contribution in [1.82, 2.24) is 0 Å². The van der Waals surface area contributed by atoms with Gasteiger partial charge in [-0.1, -0.05) is 46.3 Å². The molecule has 0 saturated carbocycles. The second kappa shape index (κ2) is 6.18. The molecule has 1 N–H and O–H groups in total. The van der Waals surface area contributed by atoms with E-state index in [2.05, 4.69) is 15.9 Å². The van der Waals surface area contributed by atoms with Gasteiger partial charge in [-0.05, 0) is 42.2 Å². The van der Waals surface area contributed by atoms with E-state index in [1.165, 1.54) is 6.07 Å². The Morgan fingerprint density at radius 3 is 2.60 bits per heavy atom. The number of aryl methyl sites for hydroxylation is 1. The topological polar surface area (TPSA) is 37.3 Å². The predicted octanol–water partition coefficient (Wildman–Crippen LogP) is 4.31. The lowest BCUT2D eigenvalue weighted by Gasteiger charge is -2.14. The van der Waals surface area contributed by atoms with Crippen LogP contribution in [0.25, 0.3) is 0 Å². The Kier molecular flexibility index (Phi) is 4.55. The van der Waals surface area contributed by atoms with Crippen molar-refractivity contribution in [2.24, 2.45) is 0 Å². The number of hydrogen-bond donors (Lipinski definition) is 1. The third-order valence-electron chi connectivity index (χ3n) is 3.28. The summed E-state index contributed by atoms with van der Waals surface area (Å²) >= 11 is 3.41. The quantitative estimate of drug-likeness (QED) is 0.903. The van der Waals surface area contributed by atoms with Gasteiger partial charge in [0.2, 0.25) is 0 Å². The third-order valence-corrected chi connectivity index (χ3v) is 4.05. The van der Waals surface area contributed by atoms with Crippen LogP contribution in [0.5, 0.6) is 0 Å². The highest BCUT2D eigenvalue weighted by Crippen LogP contribution is 2.26. The van der Waals surface area contributed by atoms with Gasteiger partial charge in [-0.2, -0.15) is 0 Å². The van der Waals surface area contributed by atoms with Crippen LogP contribution in [0.1, 0.15) is 22.6 Å². The normalized spacial score (nSPS) is 12.2. The Labute approximate surface area is 125 Å². The molecule has 2 rings (SSSR count). The van der Waals surface area contributed by atoms with Crippen LogP contribution in [0.15, 0.2) is 46.9 Å². The maximum absolute atomic E-state index is 13.6. The Balaban J connectivity index is 2.34. The SMILES string of the molecule is Cc1ccc(C(Cc2ccccc2Br)C(=O)O)cc1F. The second-order valence-corrected chi connectivity index (χ2v) is 5.55. The number of hydrogen-bond acceptors (Lipinski definition) is 1. The Morgan fingerprint density at radius 1 is 1.30 bits per heavy atom. The minimum absolute atomic E-state index is 0.319. The summed E-state index contributed by atoms with van der Waals surface area (Å²) in [6, 6.07) is 12.1. The number of benzene rings is 2. The van der Waals surface area contributed by atoms with Gasteiger partial charge in [0.05, 0.1) is 5.92 Å². The molecule has 1 unspecified atom stereocenters. The molecule has 1 atom stereocenters. The summed E-state index contributed by atoms with van der Waals surface area (Å²) in [6.07, 6.45) is 0.319. The fraction of sp³-hybridized carbons (Fsp3) is 0.188. The molecule has 4 heteroatoms. The van der Waals surface area contributed by atoms with Crippen molar-refractivity contribution in [3.05, 3.63) is 69.4 Å². The van der Waals surface area contributed by atoms with E-state index < -0.39 is 11.9 Å². The Morgan fingerprint density at radius 2 is 2.00 bits per heavy atom. The van der Waals surface area contributed by atoms with Crippen molar-refractivity contribution < 1.29 is 14.3 Å². The highest BCUT2D eigenvalue weighted by Gasteiger charge is 2.22. The van der Waals surface area contributed by atoms with Crippen molar-refractivity contribution in [2.75, 3.05) is 0 Å². The van der Waals surface area contributed by atoms with Gasteiger partial charge in [0.25, 0.3) is 0 Å². The molecule has 0 bridgehead atoms. The first-order valence-electron chi connectivity index (χ1n) is 6.21. The minimum atomic E-state index is -0.955. The van der Waals surface area contributed by atoms with Crippen LogP contribution in [0.4, 0.5) is 4.39 Å². The van der Waals surface area contributed by atoms with E-state index in [4.69, 9.17) is 0 Å². The van der Waals surface area contributed by atoms with Crippen LogP contribution in [0, 0.1) is 12.7 Å². The fourth-order valence-electron chi connectivity index (χ4n) is 2.06. The first-order valence-corrected chi connectivity index (χ1v) is 7.00. The molecule has 2 nitrogen and oxygen atoms in total. The maximum atomic E-state index is 13.6. The summed E-state index contributed by atoms with van der Waals surface area (Å²) in [4.78, 5) is 11.5. The summed E-state index contributed by atoms with van der Waals surface area (Å²) < 4.78 is 14.5. The van der Waals surface area contributed by atoms with Crippen LogP contribution in [-0.4, -0.2) is 11.1 Å². The maximum Gasteiger partial charge on any atom is 0.311 e. The van der Waals surface area contributed by atoms with Gasteiger partial charge in [0.15, 0.2) is 0 Å². The molecule has 2 aromatic rings. The molecule has 0 aliphatic heterocycles. The highest BCUT2D eigenvalue weighted by atomic mass is 79.9. The van der Waals surface area contributed by atoms with Crippen LogP contribution >= 0.6 is 15.9 Å². The molecule has 0 aromatic heterocycles. The largest absolute Gasteiger partial charge is 0.481 e. The third kappa shape index (κ3) is 3.25. The van der Waals surface area contributed by atoms with E-state index in [0.717, 1.165) is 10.0 Å². The molecule has 0 saturated heterocycles. The Bertz CT molecular complexity index is 640. The lowest BCUT2D eigenvalue weighted by atomic mass is 9.91. The molecule has 0 aliphatic rings. The molecular formula is C16H14BrFO2. The van der Waals surface area contributed by atoms with Crippen LogP contribution < -0.4 is 0 Å². The zero-order valence-corrected chi connectivity index (χ0v) is 12.5. The summed E-state index contributed by atoms with van der Waals surface area (Å²) in [5.41, 5.74) is 1.89. The molecule has 20 heavy (non-hydrogen) atoms. The van der Waals surface area contributed by atoms with Crippen LogP contribution in [-0.2, 0) is 11.2 Å². The lowest BCUT2D eigenvalue weighted by molar-refractivity contribution is -0.138. The molecule has 0 spiro atoms. The molecule has 0 heterocycles. The fourth-order valence-corrected chi connectivity index (χ4v) is 2.50. The van der Waals surface area contributed by atoms with Gasteiger partial charge in [-0.15, -0.1) is 0 Å². The lowest BCUT2D eigenvalue weighted by Crippen LogP contribution is -2.15. The molecule has 0 fully saturated rings. The van der Waals surface area contributed by atoms with Gasteiger partial charge in [0.1, 0.15) is 5.82 Å². The van der Waals surface area contributed by atoms with Gasteiger partial charge < -0.3 is 5.11 Å². The van der Waals surface area contributed by atoms with Crippen molar-refractivity contribution >= 4 is 21.9 Å². The van der Waals surface area contributed by atoms with Crippen molar-refractivity contribution in [3.8, 4) is 0 Å². The standard InChI is InChI=1S/C16H14BrFO2/c1-10-6-7-11(9-15(10)18)13(16(19)20)8-12-4-2-3-5-14(12)17/h2-7,9,13H,8H2,1H3,(H,19,20). The minimum Gasteiger partial charge on any atom is -0.481 e. The van der Waals surface area contributed by atoms with Gasteiger partial charge in [0, 0.05) is 4.47 Å². The molecule has 0 amide bonds. The molecule has 0 aliphatic carbocycles. The zero-order chi connectivity index (χ0) is 14.7. The monoisotopic (exact) mass is 336 g/mol. The van der Waals surface area contributed by atoms with Gasteiger partial charge >= 0.3 is 5.97 Å². The summed E-state index contributed by atoms with van der Waals surface area (Å²) in [7, 11) is 0. The highest BCUT2D eigenvalue weighted by molar-refractivity contribution is 9.10. The molecule has 2 aromatic carbocycles. The van der Waals surface area contributed by atoms with Crippen LogP contribution in [0.2, 0.25) is 0 Å². The van der Waals surface area contributed by atoms with E-state index in [-0.39, 0.29) is 5.82 Å². The summed E-state index contributed by atoms with van der Waals surface area (Å²) in [6.45, 7) is 1.66. The number of rotatable bonds is 4. The second-order valence-electron chi connectivity index (χ2n) is 4.69. The number of carboxylic acids is 1. The van der Waals surface area contributed by atoms with Gasteiger partial charge in [-0.3, -0.25) is 4.79 Å². The van der Waals surface area contributed by atoms with E-state index in [0.29, 0.717) is 17.5 Å². The number of aliphatic carboxylic acids is 1. The molecule has 0 radical (unpaired) electrons. The molecule has 104 valence electrons. The molecular weight excluding hydrogens is 323 g/mol. The first kappa shape index (κ1) is 14.7. The number of carboxylic acid groups (broad SMARTS) is 1. The average molecular weight is 337 g/mol. The van der Waals surface area contributed by atoms with E-state index in [1.807, 2.05) is 24.3 Å². The number of halogens is 2. The zero-order valence-electron chi connectivity index (χ0n) is 10.9.